The molecule has 1 aromatic heterocycles. The van der Waals surface area contributed by atoms with Crippen molar-refractivity contribution in [1.82, 2.24) is 15.0 Å². The van der Waals surface area contributed by atoms with E-state index in [1.165, 1.54) is 0 Å². The van der Waals surface area contributed by atoms with Gasteiger partial charge in [-0.1, -0.05) is 5.21 Å². The summed E-state index contributed by atoms with van der Waals surface area (Å²) in [7, 11) is 1.84. The predicted octanol–water partition coefficient (Wildman–Crippen LogP) is 0.756. The highest BCUT2D eigenvalue weighted by Crippen LogP contribution is 2.27. The highest BCUT2D eigenvalue weighted by Gasteiger charge is 2.28. The molecule has 0 amide bonds. The van der Waals surface area contributed by atoms with Gasteiger partial charge in [-0.3, -0.25) is 0 Å². The maximum atomic E-state index is 6.09. The standard InChI is InChI=1S/C8H13BrN4O/c1-13-7(8(9)11-12-13)6(10)5-3-2-4-14-5/h5-6H,2-4,10H2,1H3. The molecule has 0 bridgehead atoms. The summed E-state index contributed by atoms with van der Waals surface area (Å²) in [5, 5.41) is 7.80. The molecule has 1 fully saturated rings. The van der Waals surface area contributed by atoms with Gasteiger partial charge in [0.25, 0.3) is 0 Å². The molecule has 1 aliphatic heterocycles. The van der Waals surface area contributed by atoms with E-state index >= 15 is 0 Å². The number of halogens is 1. The lowest BCUT2D eigenvalue weighted by atomic mass is 10.1. The lowest BCUT2D eigenvalue weighted by Crippen LogP contribution is -2.27. The molecule has 78 valence electrons. The van der Waals surface area contributed by atoms with E-state index < -0.39 is 0 Å². The molecule has 2 rings (SSSR count). The van der Waals surface area contributed by atoms with Crippen molar-refractivity contribution < 1.29 is 4.74 Å². The fraction of sp³-hybridized carbons (Fsp3) is 0.750. The molecule has 6 heteroatoms. The van der Waals surface area contributed by atoms with Gasteiger partial charge in [0, 0.05) is 13.7 Å². The topological polar surface area (TPSA) is 66.0 Å². The van der Waals surface area contributed by atoms with Gasteiger partial charge in [0.05, 0.1) is 17.8 Å². The lowest BCUT2D eigenvalue weighted by Gasteiger charge is -2.18. The second-order valence-electron chi connectivity index (χ2n) is 3.47. The van der Waals surface area contributed by atoms with E-state index in [9.17, 15) is 0 Å². The first-order chi connectivity index (χ1) is 6.70. The lowest BCUT2D eigenvalue weighted by molar-refractivity contribution is 0.0876. The van der Waals surface area contributed by atoms with Crippen LogP contribution in [0.25, 0.3) is 0 Å². The van der Waals surface area contributed by atoms with Crippen molar-refractivity contribution in [1.29, 1.82) is 0 Å². The minimum atomic E-state index is -0.146. The van der Waals surface area contributed by atoms with Crippen LogP contribution in [0, 0.1) is 0 Å². The summed E-state index contributed by atoms with van der Waals surface area (Å²) < 4.78 is 7.94. The Balaban J connectivity index is 2.21. The third kappa shape index (κ3) is 1.69. The first kappa shape index (κ1) is 10.1. The summed E-state index contributed by atoms with van der Waals surface area (Å²) in [6.45, 7) is 0.807. The Morgan fingerprint density at radius 1 is 1.71 bits per heavy atom. The van der Waals surface area contributed by atoms with Crippen LogP contribution < -0.4 is 5.73 Å². The molecule has 1 saturated heterocycles. The Morgan fingerprint density at radius 3 is 3.00 bits per heavy atom. The van der Waals surface area contributed by atoms with Crippen LogP contribution >= 0.6 is 15.9 Å². The van der Waals surface area contributed by atoms with Gasteiger partial charge in [0.2, 0.25) is 0 Å². The molecule has 0 radical (unpaired) electrons. The maximum absolute atomic E-state index is 6.09. The summed E-state index contributed by atoms with van der Waals surface area (Å²) >= 11 is 3.33. The molecular formula is C8H13BrN4O. The normalized spacial score (nSPS) is 24.1. The van der Waals surface area contributed by atoms with Crippen molar-refractivity contribution in [3.05, 3.63) is 10.3 Å². The molecule has 2 N–H and O–H groups in total. The highest BCUT2D eigenvalue weighted by atomic mass is 79.9. The minimum Gasteiger partial charge on any atom is -0.376 e. The van der Waals surface area contributed by atoms with Gasteiger partial charge in [-0.15, -0.1) is 5.10 Å². The molecule has 0 saturated carbocycles. The van der Waals surface area contributed by atoms with E-state index in [0.717, 1.165) is 25.1 Å². The molecule has 2 unspecified atom stereocenters. The molecule has 1 aliphatic rings. The average Bonchev–Trinajstić information content (AvgIpc) is 2.75. The van der Waals surface area contributed by atoms with Crippen molar-refractivity contribution in [3.8, 4) is 0 Å². The van der Waals surface area contributed by atoms with Crippen LogP contribution in [-0.2, 0) is 11.8 Å². The Kier molecular flexibility index (Phi) is 2.85. The number of nitrogens with zero attached hydrogens (tertiary/aromatic N) is 3. The van der Waals surface area contributed by atoms with Gasteiger partial charge in [0.15, 0.2) is 4.60 Å². The predicted molar refractivity (Wildman–Crippen MR) is 54.6 cm³/mol. The van der Waals surface area contributed by atoms with Gasteiger partial charge in [-0.25, -0.2) is 4.68 Å². The molecule has 2 heterocycles. The van der Waals surface area contributed by atoms with Crippen LogP contribution in [0.5, 0.6) is 0 Å². The SMILES string of the molecule is Cn1nnc(Br)c1C(N)C1CCCO1. The van der Waals surface area contributed by atoms with Crippen LogP contribution in [-0.4, -0.2) is 27.7 Å². The largest absolute Gasteiger partial charge is 0.376 e. The number of ether oxygens (including phenoxy) is 1. The van der Waals surface area contributed by atoms with E-state index in [4.69, 9.17) is 10.5 Å². The average molecular weight is 261 g/mol. The Labute approximate surface area is 90.7 Å². The Hall–Kier alpha value is -0.460. The summed E-state index contributed by atoms with van der Waals surface area (Å²) in [5.41, 5.74) is 6.99. The van der Waals surface area contributed by atoms with E-state index in [1.54, 1.807) is 4.68 Å². The second kappa shape index (κ2) is 3.96. The molecule has 0 spiro atoms. The van der Waals surface area contributed by atoms with Crippen molar-refractivity contribution >= 4 is 15.9 Å². The first-order valence-electron chi connectivity index (χ1n) is 4.62. The van der Waals surface area contributed by atoms with Crippen LogP contribution in [0.1, 0.15) is 24.6 Å². The Morgan fingerprint density at radius 2 is 2.50 bits per heavy atom. The number of hydrogen-bond donors (Lipinski definition) is 1. The van der Waals surface area contributed by atoms with E-state index in [-0.39, 0.29) is 12.1 Å². The van der Waals surface area contributed by atoms with E-state index in [0.29, 0.717) is 4.60 Å². The number of aromatic nitrogens is 3. The molecular weight excluding hydrogens is 248 g/mol. The summed E-state index contributed by atoms with van der Waals surface area (Å²) in [6.07, 6.45) is 2.20. The summed E-state index contributed by atoms with van der Waals surface area (Å²) in [6, 6.07) is -0.146. The second-order valence-corrected chi connectivity index (χ2v) is 4.22. The van der Waals surface area contributed by atoms with E-state index in [2.05, 4.69) is 26.2 Å². The summed E-state index contributed by atoms with van der Waals surface area (Å²) in [5.74, 6) is 0. The van der Waals surface area contributed by atoms with Crippen LogP contribution in [0.2, 0.25) is 0 Å². The zero-order valence-electron chi connectivity index (χ0n) is 7.98. The minimum absolute atomic E-state index is 0.100. The molecule has 1 aromatic rings. The fourth-order valence-corrected chi connectivity index (χ4v) is 2.35. The van der Waals surface area contributed by atoms with E-state index in [1.807, 2.05) is 7.05 Å². The zero-order chi connectivity index (χ0) is 10.1. The molecule has 0 aromatic carbocycles. The van der Waals surface area contributed by atoms with Gasteiger partial charge in [-0.2, -0.15) is 0 Å². The number of rotatable bonds is 2. The summed E-state index contributed by atoms with van der Waals surface area (Å²) in [4.78, 5) is 0. The van der Waals surface area contributed by atoms with Crippen molar-refractivity contribution in [3.63, 3.8) is 0 Å². The van der Waals surface area contributed by atoms with Crippen molar-refractivity contribution in [2.24, 2.45) is 12.8 Å². The zero-order valence-corrected chi connectivity index (χ0v) is 9.57. The molecule has 2 atom stereocenters. The van der Waals surface area contributed by atoms with Gasteiger partial charge in [0.1, 0.15) is 0 Å². The quantitative estimate of drug-likeness (QED) is 0.853. The number of hydrogen-bond acceptors (Lipinski definition) is 4. The fourth-order valence-electron chi connectivity index (χ4n) is 1.75. The Bertz CT molecular complexity index is 302. The third-order valence-electron chi connectivity index (χ3n) is 2.51. The molecule has 14 heavy (non-hydrogen) atoms. The van der Waals surface area contributed by atoms with Crippen molar-refractivity contribution in [2.45, 2.75) is 25.0 Å². The third-order valence-corrected chi connectivity index (χ3v) is 3.07. The van der Waals surface area contributed by atoms with Gasteiger partial charge >= 0.3 is 0 Å². The smallest absolute Gasteiger partial charge is 0.153 e. The van der Waals surface area contributed by atoms with Crippen LogP contribution in [0.4, 0.5) is 0 Å². The number of nitrogens with two attached hydrogens (primary N) is 1. The highest BCUT2D eigenvalue weighted by molar-refractivity contribution is 9.10. The number of aryl methyl sites for hydroxylation is 1. The first-order valence-corrected chi connectivity index (χ1v) is 5.41. The van der Waals surface area contributed by atoms with Crippen molar-refractivity contribution in [2.75, 3.05) is 6.61 Å². The van der Waals surface area contributed by atoms with Crippen LogP contribution in [0.3, 0.4) is 0 Å². The monoisotopic (exact) mass is 260 g/mol. The van der Waals surface area contributed by atoms with Gasteiger partial charge in [-0.05, 0) is 28.8 Å². The molecule has 0 aliphatic carbocycles. The molecule has 5 nitrogen and oxygen atoms in total. The maximum Gasteiger partial charge on any atom is 0.153 e. The van der Waals surface area contributed by atoms with Gasteiger partial charge < -0.3 is 10.5 Å². The van der Waals surface area contributed by atoms with Crippen LogP contribution in [0.15, 0.2) is 4.60 Å².